The Bertz CT molecular complexity index is 240. The van der Waals surface area contributed by atoms with E-state index in [-0.39, 0.29) is 12.5 Å². The van der Waals surface area contributed by atoms with Gasteiger partial charge in [0.2, 0.25) is 5.91 Å². The van der Waals surface area contributed by atoms with Gasteiger partial charge in [0.05, 0.1) is 46.2 Å². The molecule has 1 N–H and O–H groups in total. The number of carbonyl (C=O) groups excluding carboxylic acids is 1. The fourth-order valence-electron chi connectivity index (χ4n) is 1.41. The Hall–Kier alpha value is -0.730. The highest BCUT2D eigenvalue weighted by Crippen LogP contribution is 1.84. The van der Waals surface area contributed by atoms with E-state index in [1.54, 1.807) is 0 Å². The first-order valence-corrected chi connectivity index (χ1v) is 7.96. The van der Waals surface area contributed by atoms with Crippen LogP contribution >= 0.6 is 0 Å². The molecule has 0 bridgehead atoms. The minimum absolute atomic E-state index is 0.100. The van der Waals surface area contributed by atoms with Crippen LogP contribution in [0.25, 0.3) is 0 Å². The second-order valence-corrected chi connectivity index (χ2v) is 4.44. The second kappa shape index (κ2) is 18.3. The summed E-state index contributed by atoms with van der Waals surface area (Å²) in [4.78, 5) is 11.2. The standard InChI is InChI=1S/C15H31NO6/c1-3-6-19-8-10-21-12-13-22-11-9-20-7-5-16-15(17)14-18-4-2/h3-14H2,1-2H3,(H,16,17). The molecular weight excluding hydrogens is 290 g/mol. The first kappa shape index (κ1) is 21.3. The van der Waals surface area contributed by atoms with Gasteiger partial charge in [-0.05, 0) is 13.3 Å². The summed E-state index contributed by atoms with van der Waals surface area (Å²) in [6.45, 7) is 9.64. The summed E-state index contributed by atoms with van der Waals surface area (Å²) in [6.07, 6.45) is 1.03. The second-order valence-electron chi connectivity index (χ2n) is 4.44. The number of ether oxygens (including phenoxy) is 5. The van der Waals surface area contributed by atoms with Crippen LogP contribution in [0.5, 0.6) is 0 Å². The summed E-state index contributed by atoms with van der Waals surface area (Å²) in [5.41, 5.74) is 0. The van der Waals surface area contributed by atoms with E-state index in [1.165, 1.54) is 0 Å². The van der Waals surface area contributed by atoms with Crippen LogP contribution in [0.15, 0.2) is 0 Å². The maximum atomic E-state index is 11.2. The van der Waals surface area contributed by atoms with E-state index in [0.717, 1.165) is 13.0 Å². The van der Waals surface area contributed by atoms with E-state index >= 15 is 0 Å². The van der Waals surface area contributed by atoms with E-state index in [0.29, 0.717) is 59.4 Å². The maximum Gasteiger partial charge on any atom is 0.246 e. The Morgan fingerprint density at radius 3 is 1.73 bits per heavy atom. The van der Waals surface area contributed by atoms with E-state index in [4.69, 9.17) is 23.7 Å². The summed E-state index contributed by atoms with van der Waals surface area (Å²) < 4.78 is 26.2. The van der Waals surface area contributed by atoms with Gasteiger partial charge >= 0.3 is 0 Å². The number of hydrogen-bond donors (Lipinski definition) is 1. The molecular formula is C15H31NO6. The smallest absolute Gasteiger partial charge is 0.246 e. The fourth-order valence-corrected chi connectivity index (χ4v) is 1.41. The molecule has 0 radical (unpaired) electrons. The summed E-state index contributed by atoms with van der Waals surface area (Å²) in [5.74, 6) is -0.123. The van der Waals surface area contributed by atoms with Gasteiger partial charge in [0, 0.05) is 19.8 Å². The topological polar surface area (TPSA) is 75.3 Å². The van der Waals surface area contributed by atoms with Gasteiger partial charge in [-0.15, -0.1) is 0 Å². The van der Waals surface area contributed by atoms with Crippen molar-refractivity contribution in [2.24, 2.45) is 0 Å². The minimum Gasteiger partial charge on any atom is -0.379 e. The molecule has 0 saturated carbocycles. The predicted octanol–water partition coefficient (Wildman–Crippen LogP) is 0.616. The van der Waals surface area contributed by atoms with Crippen molar-refractivity contribution in [1.82, 2.24) is 5.32 Å². The molecule has 0 unspecified atom stereocenters. The molecule has 1 amide bonds. The van der Waals surface area contributed by atoms with Crippen LogP contribution in [0.1, 0.15) is 20.3 Å². The maximum absolute atomic E-state index is 11.2. The summed E-state index contributed by atoms with van der Waals surface area (Å²) in [5, 5.41) is 2.70. The zero-order valence-electron chi connectivity index (χ0n) is 13.9. The highest BCUT2D eigenvalue weighted by Gasteiger charge is 1.99. The molecule has 0 aliphatic heterocycles. The molecule has 0 fully saturated rings. The van der Waals surface area contributed by atoms with Gasteiger partial charge in [-0.2, -0.15) is 0 Å². The van der Waals surface area contributed by atoms with Gasteiger partial charge in [0.1, 0.15) is 6.61 Å². The highest BCUT2D eigenvalue weighted by atomic mass is 16.6. The lowest BCUT2D eigenvalue weighted by atomic mass is 10.5. The third-order valence-electron chi connectivity index (χ3n) is 2.47. The van der Waals surface area contributed by atoms with E-state index < -0.39 is 0 Å². The van der Waals surface area contributed by atoms with Gasteiger partial charge in [0.25, 0.3) is 0 Å². The summed E-state index contributed by atoms with van der Waals surface area (Å²) >= 11 is 0. The molecule has 0 saturated heterocycles. The predicted molar refractivity (Wildman–Crippen MR) is 83.1 cm³/mol. The largest absolute Gasteiger partial charge is 0.379 e. The van der Waals surface area contributed by atoms with Gasteiger partial charge < -0.3 is 29.0 Å². The number of nitrogens with one attached hydrogen (secondary N) is 1. The van der Waals surface area contributed by atoms with Crippen molar-refractivity contribution in [3.63, 3.8) is 0 Å². The fraction of sp³-hybridized carbons (Fsp3) is 0.933. The van der Waals surface area contributed by atoms with Crippen LogP contribution in [0.2, 0.25) is 0 Å². The summed E-state index contributed by atoms with van der Waals surface area (Å²) in [7, 11) is 0. The molecule has 0 aromatic carbocycles. The molecule has 0 atom stereocenters. The van der Waals surface area contributed by atoms with Gasteiger partial charge in [-0.25, -0.2) is 0 Å². The molecule has 132 valence electrons. The molecule has 7 heteroatoms. The van der Waals surface area contributed by atoms with Crippen molar-refractivity contribution < 1.29 is 28.5 Å². The minimum atomic E-state index is -0.123. The van der Waals surface area contributed by atoms with Crippen molar-refractivity contribution in [2.75, 3.05) is 72.6 Å². The normalized spacial score (nSPS) is 10.8. The lowest BCUT2D eigenvalue weighted by Crippen LogP contribution is -2.30. The van der Waals surface area contributed by atoms with Crippen LogP contribution in [0.4, 0.5) is 0 Å². The number of carbonyl (C=O) groups is 1. The van der Waals surface area contributed by atoms with Gasteiger partial charge in [-0.1, -0.05) is 6.92 Å². The van der Waals surface area contributed by atoms with E-state index in [1.807, 2.05) is 6.92 Å². The Balaban J connectivity index is 3.04. The van der Waals surface area contributed by atoms with Crippen molar-refractivity contribution in [2.45, 2.75) is 20.3 Å². The van der Waals surface area contributed by atoms with Crippen LogP contribution in [-0.4, -0.2) is 78.5 Å². The lowest BCUT2D eigenvalue weighted by Gasteiger charge is -2.08. The monoisotopic (exact) mass is 321 g/mol. The van der Waals surface area contributed by atoms with Crippen molar-refractivity contribution in [1.29, 1.82) is 0 Å². The van der Waals surface area contributed by atoms with E-state index in [2.05, 4.69) is 12.2 Å². The molecule has 0 aliphatic carbocycles. The Morgan fingerprint density at radius 2 is 1.23 bits per heavy atom. The molecule has 0 rings (SSSR count). The van der Waals surface area contributed by atoms with Crippen LogP contribution in [-0.2, 0) is 28.5 Å². The van der Waals surface area contributed by atoms with E-state index in [9.17, 15) is 4.79 Å². The number of amides is 1. The zero-order chi connectivity index (χ0) is 16.3. The first-order valence-electron chi connectivity index (χ1n) is 7.96. The Kier molecular flexibility index (Phi) is 17.7. The molecule has 7 nitrogen and oxygen atoms in total. The van der Waals surface area contributed by atoms with Crippen LogP contribution in [0.3, 0.4) is 0 Å². The third kappa shape index (κ3) is 17.3. The molecule has 0 aromatic heterocycles. The Morgan fingerprint density at radius 1 is 0.727 bits per heavy atom. The quantitative estimate of drug-likeness (QED) is 0.396. The summed E-state index contributed by atoms with van der Waals surface area (Å²) in [6, 6.07) is 0. The molecule has 0 heterocycles. The average Bonchev–Trinajstić information content (AvgIpc) is 2.53. The van der Waals surface area contributed by atoms with Gasteiger partial charge in [0.15, 0.2) is 0 Å². The van der Waals surface area contributed by atoms with Crippen molar-refractivity contribution in [3.8, 4) is 0 Å². The molecule has 0 aliphatic rings. The third-order valence-corrected chi connectivity index (χ3v) is 2.47. The average molecular weight is 321 g/mol. The van der Waals surface area contributed by atoms with Crippen LogP contribution < -0.4 is 5.32 Å². The molecule has 0 spiro atoms. The highest BCUT2D eigenvalue weighted by molar-refractivity contribution is 5.77. The lowest BCUT2D eigenvalue weighted by molar-refractivity contribution is -0.125. The molecule has 22 heavy (non-hydrogen) atoms. The zero-order valence-corrected chi connectivity index (χ0v) is 13.9. The van der Waals surface area contributed by atoms with Crippen molar-refractivity contribution >= 4 is 5.91 Å². The molecule has 0 aromatic rings. The number of hydrogen-bond acceptors (Lipinski definition) is 6. The van der Waals surface area contributed by atoms with Crippen molar-refractivity contribution in [3.05, 3.63) is 0 Å². The van der Waals surface area contributed by atoms with Gasteiger partial charge in [-0.3, -0.25) is 4.79 Å². The SMILES string of the molecule is CCCOCCOCCOCCOCCNC(=O)COCC. The van der Waals surface area contributed by atoms with Crippen LogP contribution in [0, 0.1) is 0 Å². The number of rotatable bonds is 17. The first-order chi connectivity index (χ1) is 10.8. The Labute approximate surface area is 133 Å².